The predicted octanol–water partition coefficient (Wildman–Crippen LogP) is 1.37. The molecule has 0 atom stereocenters. The molecule has 0 fully saturated rings. The fourth-order valence-corrected chi connectivity index (χ4v) is 2.23. The van der Waals surface area contributed by atoms with Crippen LogP contribution in [0.3, 0.4) is 0 Å². The Bertz CT molecular complexity index is 985. The number of anilines is 1. The van der Waals surface area contributed by atoms with E-state index < -0.39 is 11.9 Å². The fourth-order valence-electron chi connectivity index (χ4n) is 2.23. The van der Waals surface area contributed by atoms with E-state index in [9.17, 15) is 14.4 Å². The second kappa shape index (κ2) is 5.99. The van der Waals surface area contributed by atoms with Gasteiger partial charge in [-0.25, -0.2) is 9.31 Å². The molecule has 0 saturated heterocycles. The average molecular weight is 326 g/mol. The molecule has 2 aromatic heterocycles. The van der Waals surface area contributed by atoms with Crippen LogP contribution < -0.4 is 10.9 Å². The van der Waals surface area contributed by atoms with E-state index in [1.165, 1.54) is 17.7 Å². The van der Waals surface area contributed by atoms with Crippen molar-refractivity contribution in [1.29, 1.82) is 0 Å². The molecule has 0 saturated carbocycles. The first-order valence-corrected chi connectivity index (χ1v) is 7.07. The molecule has 0 aliphatic carbocycles. The highest BCUT2D eigenvalue weighted by atomic mass is 16.5. The lowest BCUT2D eigenvalue weighted by Crippen LogP contribution is -2.13. The van der Waals surface area contributed by atoms with E-state index in [0.29, 0.717) is 16.9 Å². The van der Waals surface area contributed by atoms with Crippen LogP contribution in [0.5, 0.6) is 0 Å². The maximum atomic E-state index is 12.3. The number of nitrogens with one attached hydrogen (secondary N) is 2. The molecular formula is C16H14N4O4. The number of benzene rings is 1. The van der Waals surface area contributed by atoms with Crippen molar-refractivity contribution in [2.75, 3.05) is 12.4 Å². The van der Waals surface area contributed by atoms with Crippen molar-refractivity contribution in [2.45, 2.75) is 6.92 Å². The number of carbonyl (C=O) groups is 2. The average Bonchev–Trinajstić information content (AvgIpc) is 2.99. The van der Waals surface area contributed by atoms with E-state index >= 15 is 0 Å². The zero-order chi connectivity index (χ0) is 17.3. The highest BCUT2D eigenvalue weighted by Gasteiger charge is 2.13. The second-order valence-electron chi connectivity index (χ2n) is 5.15. The predicted molar refractivity (Wildman–Crippen MR) is 86.3 cm³/mol. The molecule has 2 heterocycles. The molecule has 0 radical (unpaired) electrons. The topological polar surface area (TPSA) is 106 Å². The zero-order valence-electron chi connectivity index (χ0n) is 13.0. The van der Waals surface area contributed by atoms with Crippen LogP contribution in [0.2, 0.25) is 0 Å². The number of nitrogens with zero attached hydrogens (tertiary/aromatic N) is 2. The van der Waals surface area contributed by atoms with E-state index in [2.05, 4.69) is 20.1 Å². The van der Waals surface area contributed by atoms with Gasteiger partial charge in [0, 0.05) is 23.6 Å². The number of aromatic amines is 1. The Morgan fingerprint density at radius 1 is 1.25 bits per heavy atom. The van der Waals surface area contributed by atoms with E-state index in [1.54, 1.807) is 37.4 Å². The number of esters is 1. The monoisotopic (exact) mass is 326 g/mol. The normalized spacial score (nSPS) is 10.6. The number of aryl methyl sites for hydroxylation is 1. The van der Waals surface area contributed by atoms with Gasteiger partial charge in [-0.1, -0.05) is 0 Å². The maximum absolute atomic E-state index is 12.3. The molecule has 0 aliphatic rings. The third kappa shape index (κ3) is 2.89. The minimum Gasteiger partial charge on any atom is -0.465 e. The van der Waals surface area contributed by atoms with Gasteiger partial charge < -0.3 is 15.0 Å². The summed E-state index contributed by atoms with van der Waals surface area (Å²) in [7, 11) is 1.30. The molecule has 0 spiro atoms. The lowest BCUT2D eigenvalue weighted by atomic mass is 10.2. The number of fused-ring (bicyclic) bond motifs is 1. The number of H-pyrrole nitrogens is 1. The largest absolute Gasteiger partial charge is 0.465 e. The van der Waals surface area contributed by atoms with Crippen LogP contribution in [0.1, 0.15) is 26.5 Å². The quantitative estimate of drug-likeness (QED) is 0.707. The van der Waals surface area contributed by atoms with E-state index in [1.807, 2.05) is 0 Å². The van der Waals surface area contributed by atoms with E-state index in [-0.39, 0.29) is 16.8 Å². The van der Waals surface area contributed by atoms with Gasteiger partial charge >= 0.3 is 5.97 Å². The molecule has 3 aromatic rings. The summed E-state index contributed by atoms with van der Waals surface area (Å²) in [6.45, 7) is 1.73. The zero-order valence-corrected chi connectivity index (χ0v) is 13.0. The van der Waals surface area contributed by atoms with Crippen molar-refractivity contribution in [3.63, 3.8) is 0 Å². The molecule has 3 rings (SSSR count). The van der Waals surface area contributed by atoms with Gasteiger partial charge in [0.05, 0.1) is 12.7 Å². The number of hydrogen-bond donors (Lipinski definition) is 2. The van der Waals surface area contributed by atoms with Crippen LogP contribution >= 0.6 is 0 Å². The number of amides is 1. The number of ether oxygens (including phenoxy) is 1. The van der Waals surface area contributed by atoms with Gasteiger partial charge in [0.1, 0.15) is 5.52 Å². The summed E-state index contributed by atoms with van der Waals surface area (Å²) >= 11 is 0. The van der Waals surface area contributed by atoms with Crippen LogP contribution in [0.25, 0.3) is 5.52 Å². The standard InChI is InChI=1S/C16H14N4O4/c1-9-8-20-13(15(22)17-9)7-12(19-20)14(21)18-11-5-3-10(4-6-11)16(23)24-2/h3-8H,1-2H3,(H,17,22)(H,18,21). The van der Waals surface area contributed by atoms with E-state index in [4.69, 9.17) is 0 Å². The first kappa shape index (κ1) is 15.5. The summed E-state index contributed by atoms with van der Waals surface area (Å²) in [4.78, 5) is 38.1. The van der Waals surface area contributed by atoms with Gasteiger partial charge in [0.25, 0.3) is 11.5 Å². The SMILES string of the molecule is COC(=O)c1ccc(NC(=O)c2cc3c(=O)[nH]c(C)cn3n2)cc1. The molecular weight excluding hydrogens is 312 g/mol. The third-order valence-corrected chi connectivity index (χ3v) is 3.39. The molecule has 24 heavy (non-hydrogen) atoms. The number of carbonyl (C=O) groups excluding carboxylic acids is 2. The van der Waals surface area contributed by atoms with Crippen molar-refractivity contribution >= 4 is 23.1 Å². The third-order valence-electron chi connectivity index (χ3n) is 3.39. The molecule has 8 nitrogen and oxygen atoms in total. The Morgan fingerprint density at radius 3 is 2.62 bits per heavy atom. The van der Waals surface area contributed by atoms with Gasteiger partial charge in [-0.05, 0) is 31.2 Å². The second-order valence-corrected chi connectivity index (χ2v) is 5.15. The van der Waals surface area contributed by atoms with Crippen molar-refractivity contribution in [1.82, 2.24) is 14.6 Å². The molecule has 0 aliphatic heterocycles. The molecule has 1 amide bonds. The Hall–Kier alpha value is -3.42. The maximum Gasteiger partial charge on any atom is 0.337 e. The van der Waals surface area contributed by atoms with Crippen molar-refractivity contribution in [3.8, 4) is 0 Å². The Labute approximate surface area is 136 Å². The summed E-state index contributed by atoms with van der Waals surface area (Å²) < 4.78 is 5.97. The molecule has 122 valence electrons. The summed E-state index contributed by atoms with van der Waals surface area (Å²) in [5, 5.41) is 6.76. The van der Waals surface area contributed by atoms with Crippen LogP contribution in [0.15, 0.2) is 41.3 Å². The van der Waals surface area contributed by atoms with Crippen LogP contribution in [-0.4, -0.2) is 33.6 Å². The number of hydrogen-bond acceptors (Lipinski definition) is 5. The van der Waals surface area contributed by atoms with E-state index in [0.717, 1.165) is 0 Å². The number of rotatable bonds is 3. The summed E-state index contributed by atoms with van der Waals surface area (Å²) in [5.41, 5.74) is 1.60. The Balaban J connectivity index is 1.83. The highest BCUT2D eigenvalue weighted by Crippen LogP contribution is 2.12. The lowest BCUT2D eigenvalue weighted by Gasteiger charge is -2.04. The Morgan fingerprint density at radius 2 is 1.96 bits per heavy atom. The van der Waals surface area contributed by atoms with Gasteiger partial charge in [-0.2, -0.15) is 5.10 Å². The first-order valence-electron chi connectivity index (χ1n) is 7.07. The summed E-state index contributed by atoms with van der Waals surface area (Å²) in [6.07, 6.45) is 1.62. The molecule has 0 unspecified atom stereocenters. The summed E-state index contributed by atoms with van der Waals surface area (Å²) in [6, 6.07) is 7.66. The Kier molecular flexibility index (Phi) is 3.87. The summed E-state index contributed by atoms with van der Waals surface area (Å²) in [5.74, 6) is -0.913. The number of methoxy groups -OCH3 is 1. The number of aromatic nitrogens is 3. The fraction of sp³-hybridized carbons (Fsp3) is 0.125. The van der Waals surface area contributed by atoms with Gasteiger partial charge in [-0.3, -0.25) is 9.59 Å². The van der Waals surface area contributed by atoms with Gasteiger partial charge in [0.15, 0.2) is 5.69 Å². The van der Waals surface area contributed by atoms with Crippen LogP contribution in [0, 0.1) is 6.92 Å². The minimum absolute atomic E-state index is 0.114. The lowest BCUT2D eigenvalue weighted by molar-refractivity contribution is 0.0600. The molecule has 1 aromatic carbocycles. The minimum atomic E-state index is -0.457. The van der Waals surface area contributed by atoms with Crippen LogP contribution in [0.4, 0.5) is 5.69 Å². The van der Waals surface area contributed by atoms with Crippen LogP contribution in [-0.2, 0) is 4.74 Å². The van der Waals surface area contributed by atoms with Gasteiger partial charge in [-0.15, -0.1) is 0 Å². The smallest absolute Gasteiger partial charge is 0.337 e. The molecule has 2 N–H and O–H groups in total. The van der Waals surface area contributed by atoms with Gasteiger partial charge in [0.2, 0.25) is 0 Å². The highest BCUT2D eigenvalue weighted by molar-refractivity contribution is 6.03. The molecule has 8 heteroatoms. The molecule has 0 bridgehead atoms. The van der Waals surface area contributed by atoms with Crippen molar-refractivity contribution in [2.24, 2.45) is 0 Å². The first-order chi connectivity index (χ1) is 11.5. The van der Waals surface area contributed by atoms with Crippen molar-refractivity contribution in [3.05, 3.63) is 63.8 Å². The van der Waals surface area contributed by atoms with Crippen molar-refractivity contribution < 1.29 is 14.3 Å².